The minimum atomic E-state index is -0.0725. The van der Waals surface area contributed by atoms with Crippen molar-refractivity contribution in [2.24, 2.45) is 0 Å². The summed E-state index contributed by atoms with van der Waals surface area (Å²) in [4.78, 5) is 17.3. The van der Waals surface area contributed by atoms with E-state index < -0.39 is 0 Å². The minimum absolute atomic E-state index is 0.0725. The Morgan fingerprint density at radius 3 is 2.69 bits per heavy atom. The fourth-order valence-corrected chi connectivity index (χ4v) is 4.36. The smallest absolute Gasteiger partial charge is 0.315 e. The normalized spacial score (nSPS) is 20.2. The van der Waals surface area contributed by atoms with Crippen molar-refractivity contribution in [1.29, 1.82) is 0 Å². The van der Waals surface area contributed by atoms with E-state index >= 15 is 0 Å². The number of amides is 2. The number of carbonyl (C=O) groups is 1. The maximum atomic E-state index is 12.2. The minimum Gasteiger partial charge on any atom is -0.469 e. The van der Waals surface area contributed by atoms with Gasteiger partial charge >= 0.3 is 6.03 Å². The fourth-order valence-electron chi connectivity index (χ4n) is 4.36. The number of urea groups is 1. The molecule has 2 N–H and O–H groups in total. The Labute approximate surface area is 173 Å². The van der Waals surface area contributed by atoms with Crippen molar-refractivity contribution in [2.75, 3.05) is 39.3 Å². The average molecular weight is 397 g/mol. The van der Waals surface area contributed by atoms with Crippen molar-refractivity contribution < 1.29 is 9.21 Å². The molecule has 0 saturated carbocycles. The second kappa shape index (κ2) is 9.94. The summed E-state index contributed by atoms with van der Waals surface area (Å²) in [6, 6.07) is 12.7. The van der Waals surface area contributed by atoms with E-state index in [1.165, 1.54) is 5.56 Å². The molecule has 1 aliphatic carbocycles. The van der Waals surface area contributed by atoms with Crippen molar-refractivity contribution in [3.05, 3.63) is 59.5 Å². The van der Waals surface area contributed by atoms with Gasteiger partial charge in [0, 0.05) is 51.3 Å². The molecule has 0 bridgehead atoms. The van der Waals surface area contributed by atoms with Crippen molar-refractivity contribution in [3.63, 3.8) is 0 Å². The van der Waals surface area contributed by atoms with Crippen LogP contribution in [0.3, 0.4) is 0 Å². The number of rotatable bonds is 7. The first-order chi connectivity index (χ1) is 14.3. The lowest BCUT2D eigenvalue weighted by Crippen LogP contribution is -2.46. The molecule has 2 heterocycles. The first-order valence-electron chi connectivity index (χ1n) is 10.9. The molecule has 1 saturated heterocycles. The second-order valence-electron chi connectivity index (χ2n) is 8.10. The zero-order chi connectivity index (χ0) is 19.9. The molecule has 1 aliphatic heterocycles. The van der Waals surface area contributed by atoms with E-state index in [-0.39, 0.29) is 12.1 Å². The zero-order valence-corrected chi connectivity index (χ0v) is 17.1. The third kappa shape index (κ3) is 5.61. The van der Waals surface area contributed by atoms with E-state index in [9.17, 15) is 4.79 Å². The van der Waals surface area contributed by atoms with Crippen LogP contribution in [0.4, 0.5) is 4.79 Å². The highest BCUT2D eigenvalue weighted by atomic mass is 16.3. The van der Waals surface area contributed by atoms with Gasteiger partial charge in [-0.1, -0.05) is 30.3 Å². The molecule has 1 aromatic heterocycles. The van der Waals surface area contributed by atoms with Crippen molar-refractivity contribution in [3.8, 4) is 0 Å². The van der Waals surface area contributed by atoms with Crippen LogP contribution < -0.4 is 10.6 Å². The number of aryl methyl sites for hydroxylation is 1. The monoisotopic (exact) mass is 396 g/mol. The number of nitrogens with zero attached hydrogens (tertiary/aromatic N) is 2. The zero-order valence-electron chi connectivity index (χ0n) is 17.1. The molecule has 2 aromatic rings. The first-order valence-corrected chi connectivity index (χ1v) is 10.9. The summed E-state index contributed by atoms with van der Waals surface area (Å²) in [5, 5.41) is 6.11. The third-order valence-corrected chi connectivity index (χ3v) is 6.01. The quantitative estimate of drug-likeness (QED) is 0.706. The maximum Gasteiger partial charge on any atom is 0.315 e. The molecule has 156 valence electrons. The summed E-state index contributed by atoms with van der Waals surface area (Å²) in [6.07, 6.45) is 5.71. The lowest BCUT2D eigenvalue weighted by molar-refractivity contribution is 0.126. The SMILES string of the molecule is O=C(NCCCN1CCN(Cc2ccccc2)CC1)NC1CCCc2occc21. The summed E-state index contributed by atoms with van der Waals surface area (Å²) < 4.78 is 5.49. The highest BCUT2D eigenvalue weighted by Crippen LogP contribution is 2.30. The molecular formula is C23H32N4O2. The summed E-state index contributed by atoms with van der Waals surface area (Å²) in [5.74, 6) is 1.02. The number of benzene rings is 1. The predicted molar refractivity (Wildman–Crippen MR) is 114 cm³/mol. The topological polar surface area (TPSA) is 60.8 Å². The molecule has 0 spiro atoms. The van der Waals surface area contributed by atoms with Crippen LogP contribution in [0.1, 0.15) is 42.2 Å². The van der Waals surface area contributed by atoms with Crippen molar-refractivity contribution in [2.45, 2.75) is 38.3 Å². The van der Waals surface area contributed by atoms with E-state index in [2.05, 4.69) is 50.8 Å². The highest BCUT2D eigenvalue weighted by Gasteiger charge is 2.24. The number of nitrogens with one attached hydrogen (secondary N) is 2. The van der Waals surface area contributed by atoms with Crippen molar-refractivity contribution >= 4 is 6.03 Å². The van der Waals surface area contributed by atoms with E-state index in [1.54, 1.807) is 6.26 Å². The number of carbonyl (C=O) groups excluding carboxylic acids is 1. The van der Waals surface area contributed by atoms with Gasteiger partial charge in [-0.2, -0.15) is 0 Å². The number of fused-ring (bicyclic) bond motifs is 1. The number of furan rings is 1. The molecule has 2 aliphatic rings. The molecule has 4 rings (SSSR count). The highest BCUT2D eigenvalue weighted by molar-refractivity contribution is 5.74. The molecule has 2 amide bonds. The fraction of sp³-hybridized carbons (Fsp3) is 0.522. The van der Waals surface area contributed by atoms with Gasteiger partial charge in [0.1, 0.15) is 5.76 Å². The molecule has 6 nitrogen and oxygen atoms in total. The summed E-state index contributed by atoms with van der Waals surface area (Å²) in [6.45, 7) is 7.20. The van der Waals surface area contributed by atoms with E-state index in [4.69, 9.17) is 4.42 Å². The van der Waals surface area contributed by atoms with Gasteiger partial charge in [0.2, 0.25) is 0 Å². The molecule has 1 aromatic carbocycles. The van der Waals surface area contributed by atoms with Crippen LogP contribution in [0.2, 0.25) is 0 Å². The van der Waals surface area contributed by atoms with Crippen molar-refractivity contribution in [1.82, 2.24) is 20.4 Å². The first kappa shape index (κ1) is 20.0. The van der Waals surface area contributed by atoms with Crippen LogP contribution in [0.5, 0.6) is 0 Å². The van der Waals surface area contributed by atoms with Gasteiger partial charge in [-0.05, 0) is 37.4 Å². The molecule has 1 fully saturated rings. The van der Waals surface area contributed by atoms with Crippen LogP contribution in [0.25, 0.3) is 0 Å². The van der Waals surface area contributed by atoms with Crippen LogP contribution in [-0.4, -0.2) is 55.1 Å². The number of hydrogen-bond acceptors (Lipinski definition) is 4. The summed E-state index contributed by atoms with van der Waals surface area (Å²) in [5.41, 5.74) is 2.52. The van der Waals surface area contributed by atoms with E-state index in [0.29, 0.717) is 6.54 Å². The van der Waals surface area contributed by atoms with Gasteiger partial charge < -0.3 is 20.0 Å². The molecule has 29 heavy (non-hydrogen) atoms. The van der Waals surface area contributed by atoms with Crippen LogP contribution in [-0.2, 0) is 13.0 Å². The number of hydrogen-bond donors (Lipinski definition) is 2. The standard InChI is InChI=1S/C23H32N4O2/c28-23(25-21-8-4-9-22-20(21)10-17-29-22)24-11-5-12-26-13-15-27(16-14-26)18-19-6-2-1-3-7-19/h1-3,6-7,10,17,21H,4-5,8-9,11-16,18H2,(H2,24,25,28). The maximum absolute atomic E-state index is 12.2. The Kier molecular flexibility index (Phi) is 6.85. The molecule has 0 radical (unpaired) electrons. The van der Waals surface area contributed by atoms with Crippen LogP contribution in [0.15, 0.2) is 47.1 Å². The molecular weight excluding hydrogens is 364 g/mol. The molecule has 1 unspecified atom stereocenters. The Balaban J connectivity index is 1.09. The van der Waals surface area contributed by atoms with Gasteiger partial charge in [-0.25, -0.2) is 4.79 Å². The third-order valence-electron chi connectivity index (χ3n) is 6.01. The summed E-state index contributed by atoms with van der Waals surface area (Å²) >= 11 is 0. The van der Waals surface area contributed by atoms with Crippen LogP contribution in [0, 0.1) is 0 Å². The Hall–Kier alpha value is -2.31. The average Bonchev–Trinajstić information content (AvgIpc) is 3.23. The van der Waals surface area contributed by atoms with Gasteiger partial charge in [-0.15, -0.1) is 0 Å². The van der Waals surface area contributed by atoms with Gasteiger partial charge in [0.15, 0.2) is 0 Å². The van der Waals surface area contributed by atoms with Gasteiger partial charge in [-0.3, -0.25) is 4.90 Å². The lowest BCUT2D eigenvalue weighted by atomic mass is 9.93. The van der Waals surface area contributed by atoms with Crippen LogP contribution >= 0.6 is 0 Å². The Morgan fingerprint density at radius 1 is 1.07 bits per heavy atom. The Bertz CT molecular complexity index is 768. The van der Waals surface area contributed by atoms with Gasteiger partial charge in [0.25, 0.3) is 0 Å². The number of piperazine rings is 1. The van der Waals surface area contributed by atoms with E-state index in [1.807, 2.05) is 6.07 Å². The second-order valence-corrected chi connectivity index (χ2v) is 8.10. The Morgan fingerprint density at radius 2 is 1.86 bits per heavy atom. The molecule has 1 atom stereocenters. The largest absolute Gasteiger partial charge is 0.469 e. The van der Waals surface area contributed by atoms with E-state index in [0.717, 1.165) is 76.3 Å². The lowest BCUT2D eigenvalue weighted by Gasteiger charge is -2.34. The predicted octanol–water partition coefficient (Wildman–Crippen LogP) is 3.16. The molecule has 6 heteroatoms. The summed E-state index contributed by atoms with van der Waals surface area (Å²) in [7, 11) is 0. The van der Waals surface area contributed by atoms with Gasteiger partial charge in [0.05, 0.1) is 12.3 Å².